The Hall–Kier alpha value is -4.81. The Labute approximate surface area is 271 Å². The standard InChI is InChI=1S/C43H39N3/c44-28-30-13-1-8-20-38(30)45-42-24-12-7-19-36(42)37-27-29(25-26-43(37)45)31-14-2-3-15-32(31)33-16-4-9-21-39(33)46-40-22-10-5-17-34(40)35-18-6-11-23-41(35)46/h1-3,5-8,10,14,16-22,27,30,32H,4,9,11-13,15,23-26H2. The Bertz CT molecular complexity index is 2110. The molecule has 0 radical (unpaired) electrons. The third kappa shape index (κ3) is 4.23. The summed E-state index contributed by atoms with van der Waals surface area (Å²) in [5, 5.41) is 11.4. The minimum absolute atomic E-state index is 0.0908. The third-order valence-corrected chi connectivity index (χ3v) is 10.9. The van der Waals surface area contributed by atoms with Crippen molar-refractivity contribution < 1.29 is 0 Å². The molecule has 2 aromatic heterocycles. The summed E-state index contributed by atoms with van der Waals surface area (Å²) in [4.78, 5) is 0. The molecule has 1 aromatic carbocycles. The van der Waals surface area contributed by atoms with Crippen molar-refractivity contribution in [3.8, 4) is 6.07 Å². The van der Waals surface area contributed by atoms with Crippen LogP contribution in [0.4, 0.5) is 0 Å². The van der Waals surface area contributed by atoms with E-state index in [2.05, 4.69) is 118 Å². The van der Waals surface area contributed by atoms with Gasteiger partial charge in [-0.25, -0.2) is 0 Å². The summed E-state index contributed by atoms with van der Waals surface area (Å²) in [5.41, 5.74) is 16.7. The van der Waals surface area contributed by atoms with E-state index in [9.17, 15) is 5.26 Å². The number of allylic oxidation sites excluding steroid dienone is 15. The molecular formula is C43H39N3. The molecule has 3 nitrogen and oxygen atoms in total. The molecule has 3 aromatic rings. The van der Waals surface area contributed by atoms with Crippen LogP contribution in [0.25, 0.3) is 40.5 Å². The van der Waals surface area contributed by atoms with Crippen LogP contribution in [0.15, 0.2) is 102 Å². The molecule has 3 heteroatoms. The van der Waals surface area contributed by atoms with Crippen molar-refractivity contribution in [3.63, 3.8) is 0 Å². The first-order valence-electron chi connectivity index (χ1n) is 17.3. The molecule has 0 aliphatic heterocycles. The SMILES string of the molecule is N#CC1CC=CC=C1n1c2c(c3c1CCC(C1=CC=CCC1C1=CCCC=C1n1c4c(c5ccccc51)C=CCC4)=C3)C=CCC2. The van der Waals surface area contributed by atoms with E-state index >= 15 is 0 Å². The Morgan fingerprint density at radius 2 is 1.43 bits per heavy atom. The minimum Gasteiger partial charge on any atom is -0.319 e. The van der Waals surface area contributed by atoms with Crippen LogP contribution in [0.5, 0.6) is 0 Å². The number of rotatable bonds is 4. The molecule has 46 heavy (non-hydrogen) atoms. The van der Waals surface area contributed by atoms with E-state index in [0.29, 0.717) is 5.92 Å². The number of hydrogen-bond donors (Lipinski definition) is 0. The molecule has 2 heterocycles. The maximum absolute atomic E-state index is 10.1. The van der Waals surface area contributed by atoms with Crippen molar-refractivity contribution in [2.75, 3.05) is 0 Å². The molecule has 0 saturated heterocycles. The summed E-state index contributed by atoms with van der Waals surface area (Å²) in [6.45, 7) is 0. The molecular weight excluding hydrogens is 558 g/mol. The Balaban J connectivity index is 1.14. The number of fused-ring (bicyclic) bond motifs is 6. The summed E-state index contributed by atoms with van der Waals surface area (Å²) in [7, 11) is 0. The number of benzene rings is 1. The molecule has 9 rings (SSSR count). The zero-order chi connectivity index (χ0) is 30.6. The zero-order valence-electron chi connectivity index (χ0n) is 26.4. The van der Waals surface area contributed by atoms with Gasteiger partial charge in [-0.15, -0.1) is 0 Å². The molecule has 2 atom stereocenters. The van der Waals surface area contributed by atoms with Gasteiger partial charge in [-0.2, -0.15) is 5.26 Å². The van der Waals surface area contributed by atoms with Gasteiger partial charge in [0.25, 0.3) is 0 Å². The largest absolute Gasteiger partial charge is 0.319 e. The van der Waals surface area contributed by atoms with Crippen LogP contribution < -0.4 is 0 Å². The van der Waals surface area contributed by atoms with Crippen molar-refractivity contribution in [3.05, 3.63) is 136 Å². The second-order valence-electron chi connectivity index (χ2n) is 13.4. The van der Waals surface area contributed by atoms with Gasteiger partial charge in [0.1, 0.15) is 0 Å². The van der Waals surface area contributed by atoms with Crippen molar-refractivity contribution in [2.45, 2.75) is 64.2 Å². The highest BCUT2D eigenvalue weighted by atomic mass is 15.0. The second-order valence-corrected chi connectivity index (χ2v) is 13.4. The lowest BCUT2D eigenvalue weighted by Gasteiger charge is -2.32. The quantitative estimate of drug-likeness (QED) is 0.295. The highest BCUT2D eigenvalue weighted by Crippen LogP contribution is 2.47. The molecule has 2 unspecified atom stereocenters. The van der Waals surface area contributed by atoms with Gasteiger partial charge in [-0.3, -0.25) is 0 Å². The fourth-order valence-corrected chi connectivity index (χ4v) is 8.91. The molecule has 0 saturated carbocycles. The average Bonchev–Trinajstić information content (AvgIpc) is 3.64. The van der Waals surface area contributed by atoms with E-state index in [4.69, 9.17) is 0 Å². The average molecular weight is 598 g/mol. The van der Waals surface area contributed by atoms with E-state index in [1.54, 1.807) is 0 Å². The van der Waals surface area contributed by atoms with Gasteiger partial charge < -0.3 is 9.13 Å². The Morgan fingerprint density at radius 3 is 2.33 bits per heavy atom. The van der Waals surface area contributed by atoms with Crippen LogP contribution in [-0.4, -0.2) is 9.13 Å². The number of nitrogens with zero attached hydrogens (tertiary/aromatic N) is 3. The van der Waals surface area contributed by atoms with Crippen LogP contribution in [0.1, 0.15) is 78.7 Å². The van der Waals surface area contributed by atoms with Gasteiger partial charge >= 0.3 is 0 Å². The molecule has 0 N–H and O–H groups in total. The van der Waals surface area contributed by atoms with Crippen molar-refractivity contribution in [1.29, 1.82) is 5.26 Å². The van der Waals surface area contributed by atoms with Crippen LogP contribution in [0, 0.1) is 23.2 Å². The van der Waals surface area contributed by atoms with E-state index in [0.717, 1.165) is 69.9 Å². The van der Waals surface area contributed by atoms with Crippen LogP contribution in [-0.2, 0) is 19.3 Å². The monoisotopic (exact) mass is 597 g/mol. The number of hydrogen-bond acceptors (Lipinski definition) is 1. The van der Waals surface area contributed by atoms with Gasteiger partial charge in [0, 0.05) is 56.5 Å². The van der Waals surface area contributed by atoms with Gasteiger partial charge in [0.15, 0.2) is 0 Å². The first kappa shape index (κ1) is 27.5. The Morgan fingerprint density at radius 1 is 0.674 bits per heavy atom. The summed E-state index contributed by atoms with van der Waals surface area (Å²) in [6.07, 6.45) is 40.8. The van der Waals surface area contributed by atoms with Crippen molar-refractivity contribution >= 4 is 40.5 Å². The zero-order valence-corrected chi connectivity index (χ0v) is 26.4. The highest BCUT2D eigenvalue weighted by Gasteiger charge is 2.33. The number of para-hydroxylation sites is 1. The molecule has 0 fully saturated rings. The molecule has 0 spiro atoms. The molecule has 6 aliphatic rings. The summed E-state index contributed by atoms with van der Waals surface area (Å²) in [5.74, 6) is 0.245. The highest BCUT2D eigenvalue weighted by molar-refractivity contribution is 5.96. The predicted octanol–water partition coefficient (Wildman–Crippen LogP) is 10.4. The number of nitriles is 1. The van der Waals surface area contributed by atoms with E-state index in [-0.39, 0.29) is 5.92 Å². The Kier molecular flexibility index (Phi) is 6.70. The van der Waals surface area contributed by atoms with E-state index in [1.807, 2.05) is 0 Å². The third-order valence-electron chi connectivity index (χ3n) is 10.9. The van der Waals surface area contributed by atoms with Gasteiger partial charge in [-0.05, 0) is 99.1 Å². The normalized spacial score (nSPS) is 23.1. The molecule has 226 valence electrons. The first-order chi connectivity index (χ1) is 22.8. The lowest BCUT2D eigenvalue weighted by Crippen LogP contribution is -2.19. The summed E-state index contributed by atoms with van der Waals surface area (Å²) >= 11 is 0. The van der Waals surface area contributed by atoms with Crippen LogP contribution in [0.3, 0.4) is 0 Å². The van der Waals surface area contributed by atoms with Gasteiger partial charge in [0.05, 0.1) is 17.5 Å². The summed E-state index contributed by atoms with van der Waals surface area (Å²) < 4.78 is 5.10. The van der Waals surface area contributed by atoms with Crippen LogP contribution >= 0.6 is 0 Å². The molecule has 0 amide bonds. The topological polar surface area (TPSA) is 33.6 Å². The smallest absolute Gasteiger partial charge is 0.0902 e. The fourth-order valence-electron chi connectivity index (χ4n) is 8.91. The molecule has 6 aliphatic carbocycles. The van der Waals surface area contributed by atoms with E-state index in [1.165, 1.54) is 67.1 Å². The minimum atomic E-state index is -0.0908. The van der Waals surface area contributed by atoms with Crippen molar-refractivity contribution in [1.82, 2.24) is 9.13 Å². The summed E-state index contributed by atoms with van der Waals surface area (Å²) in [6, 6.07) is 11.6. The maximum Gasteiger partial charge on any atom is 0.0902 e. The maximum atomic E-state index is 10.1. The second kappa shape index (κ2) is 11.2. The van der Waals surface area contributed by atoms with Crippen LogP contribution in [0.2, 0.25) is 0 Å². The lowest BCUT2D eigenvalue weighted by atomic mass is 9.75. The predicted molar refractivity (Wildman–Crippen MR) is 191 cm³/mol. The lowest BCUT2D eigenvalue weighted by molar-refractivity contribution is 0.700. The molecule has 0 bridgehead atoms. The van der Waals surface area contributed by atoms with Gasteiger partial charge in [-0.1, -0.05) is 85.0 Å². The van der Waals surface area contributed by atoms with Crippen molar-refractivity contribution in [2.24, 2.45) is 11.8 Å². The fraction of sp³-hybridized carbons (Fsp3) is 0.279. The first-order valence-corrected chi connectivity index (χ1v) is 17.3. The van der Waals surface area contributed by atoms with E-state index < -0.39 is 0 Å². The number of aromatic nitrogens is 2. The van der Waals surface area contributed by atoms with Gasteiger partial charge in [0.2, 0.25) is 0 Å².